The smallest absolute Gasteiger partial charge is 0.144 e. The molecule has 0 saturated heterocycles. The van der Waals surface area contributed by atoms with Crippen molar-refractivity contribution < 1.29 is 5.21 Å². The highest BCUT2D eigenvalue weighted by atomic mass is 16.4. The molecule has 0 rings (SSSR count). The van der Waals surface area contributed by atoms with E-state index in [0.29, 0.717) is 5.84 Å². The lowest BCUT2D eigenvalue weighted by Crippen LogP contribution is -2.32. The molecule has 0 amide bonds. The van der Waals surface area contributed by atoms with Crippen LogP contribution in [0.2, 0.25) is 0 Å². The van der Waals surface area contributed by atoms with Crippen LogP contribution >= 0.6 is 0 Å². The van der Waals surface area contributed by atoms with E-state index >= 15 is 0 Å². The van der Waals surface area contributed by atoms with E-state index in [1.54, 1.807) is 0 Å². The van der Waals surface area contributed by atoms with E-state index in [2.05, 4.69) is 24.0 Å². The summed E-state index contributed by atoms with van der Waals surface area (Å²) in [5.74, 6) is 0.332. The van der Waals surface area contributed by atoms with Gasteiger partial charge in [-0.3, -0.25) is 0 Å². The largest absolute Gasteiger partial charge is 0.409 e. The molecule has 0 spiro atoms. The van der Waals surface area contributed by atoms with Gasteiger partial charge in [-0.1, -0.05) is 45.2 Å². The maximum atomic E-state index is 8.69. The quantitative estimate of drug-likeness (QED) is 0.208. The van der Waals surface area contributed by atoms with Crippen LogP contribution in [0.4, 0.5) is 0 Å². The number of unbranched alkanes of at least 4 members (excludes halogenated alkanes) is 3. The number of oxime groups is 1. The second-order valence-electron chi connectivity index (χ2n) is 5.84. The Morgan fingerprint density at radius 3 is 2.22 bits per heavy atom. The van der Waals surface area contributed by atoms with Crippen molar-refractivity contribution in [2.45, 2.75) is 59.3 Å². The third-order valence-corrected chi connectivity index (χ3v) is 3.54. The summed E-state index contributed by atoms with van der Waals surface area (Å²) in [6.45, 7) is 8.60. The molecule has 0 unspecified atom stereocenters. The lowest BCUT2D eigenvalue weighted by atomic mass is 9.86. The standard InChI is InChI=1S/C14H31N3O/c1-5-6-8-11-17(4)12-9-7-10-14(2,3)13(15)16-18/h18H,5-12H2,1-4H3,(H2,15,16). The second kappa shape index (κ2) is 9.20. The number of rotatable bonds is 10. The van der Waals surface area contributed by atoms with E-state index in [1.165, 1.54) is 32.2 Å². The zero-order chi connectivity index (χ0) is 14.0. The Morgan fingerprint density at radius 2 is 1.72 bits per heavy atom. The molecule has 0 aliphatic heterocycles. The minimum Gasteiger partial charge on any atom is -0.409 e. The molecule has 0 fully saturated rings. The van der Waals surface area contributed by atoms with Crippen LogP contribution in [0.25, 0.3) is 0 Å². The number of nitrogens with zero attached hydrogens (tertiary/aromatic N) is 2. The predicted molar refractivity (Wildman–Crippen MR) is 78.1 cm³/mol. The van der Waals surface area contributed by atoms with Gasteiger partial charge in [0.2, 0.25) is 0 Å². The van der Waals surface area contributed by atoms with Crippen molar-refractivity contribution in [2.75, 3.05) is 20.1 Å². The maximum Gasteiger partial charge on any atom is 0.144 e. The van der Waals surface area contributed by atoms with Crippen LogP contribution in [0.5, 0.6) is 0 Å². The second-order valence-corrected chi connectivity index (χ2v) is 5.84. The monoisotopic (exact) mass is 257 g/mol. The minimum absolute atomic E-state index is 0.199. The van der Waals surface area contributed by atoms with Gasteiger partial charge in [0.15, 0.2) is 0 Å². The topological polar surface area (TPSA) is 61.8 Å². The Balaban J connectivity index is 3.67. The van der Waals surface area contributed by atoms with Crippen LogP contribution in [0, 0.1) is 5.41 Å². The SMILES string of the molecule is CCCCCN(C)CCCCC(C)(C)C(N)=NO. The van der Waals surface area contributed by atoms with E-state index in [9.17, 15) is 0 Å². The van der Waals surface area contributed by atoms with Gasteiger partial charge in [-0.2, -0.15) is 0 Å². The van der Waals surface area contributed by atoms with Crippen molar-refractivity contribution in [1.29, 1.82) is 0 Å². The van der Waals surface area contributed by atoms with Gasteiger partial charge < -0.3 is 15.8 Å². The number of amidine groups is 1. The van der Waals surface area contributed by atoms with Crippen molar-refractivity contribution in [3.05, 3.63) is 0 Å². The molecular weight excluding hydrogens is 226 g/mol. The van der Waals surface area contributed by atoms with Gasteiger partial charge in [0.1, 0.15) is 5.84 Å². The summed E-state index contributed by atoms with van der Waals surface area (Å²) in [5.41, 5.74) is 5.46. The third kappa shape index (κ3) is 7.54. The van der Waals surface area contributed by atoms with Gasteiger partial charge in [0.05, 0.1) is 0 Å². The Bertz CT molecular complexity index is 239. The van der Waals surface area contributed by atoms with Crippen molar-refractivity contribution in [3.63, 3.8) is 0 Å². The highest BCUT2D eigenvalue weighted by Crippen LogP contribution is 2.23. The normalized spacial score (nSPS) is 13.3. The Kier molecular flexibility index (Phi) is 8.81. The fourth-order valence-corrected chi connectivity index (χ4v) is 1.96. The van der Waals surface area contributed by atoms with E-state index in [-0.39, 0.29) is 5.41 Å². The third-order valence-electron chi connectivity index (χ3n) is 3.54. The molecule has 4 heteroatoms. The summed E-state index contributed by atoms with van der Waals surface area (Å²) in [6.07, 6.45) is 7.14. The van der Waals surface area contributed by atoms with Crippen LogP contribution in [0.15, 0.2) is 5.16 Å². The van der Waals surface area contributed by atoms with E-state index in [1.807, 2.05) is 13.8 Å². The Labute approximate surface area is 112 Å². The van der Waals surface area contributed by atoms with Gasteiger partial charge in [-0.05, 0) is 39.4 Å². The molecule has 0 bridgehead atoms. The molecule has 0 aromatic rings. The highest BCUT2D eigenvalue weighted by molar-refractivity contribution is 5.85. The average molecular weight is 257 g/mol. The zero-order valence-corrected chi connectivity index (χ0v) is 12.6. The summed E-state index contributed by atoms with van der Waals surface area (Å²) in [5, 5.41) is 11.8. The van der Waals surface area contributed by atoms with Crippen LogP contribution in [0.3, 0.4) is 0 Å². The molecule has 0 heterocycles. The molecule has 108 valence electrons. The summed E-state index contributed by atoms with van der Waals surface area (Å²) in [6, 6.07) is 0. The number of hydrogen-bond donors (Lipinski definition) is 2. The molecule has 0 aliphatic carbocycles. The van der Waals surface area contributed by atoms with Crippen molar-refractivity contribution in [2.24, 2.45) is 16.3 Å². The lowest BCUT2D eigenvalue weighted by molar-refractivity contribution is 0.295. The Morgan fingerprint density at radius 1 is 1.17 bits per heavy atom. The van der Waals surface area contributed by atoms with Gasteiger partial charge in [-0.15, -0.1) is 0 Å². The molecule has 0 radical (unpaired) electrons. The fourth-order valence-electron chi connectivity index (χ4n) is 1.96. The molecule has 4 nitrogen and oxygen atoms in total. The first-order valence-corrected chi connectivity index (χ1v) is 7.10. The maximum absolute atomic E-state index is 8.69. The summed E-state index contributed by atoms with van der Waals surface area (Å²) < 4.78 is 0. The predicted octanol–water partition coefficient (Wildman–Crippen LogP) is 3.05. The molecule has 0 aliphatic rings. The van der Waals surface area contributed by atoms with Crippen molar-refractivity contribution in [3.8, 4) is 0 Å². The Hall–Kier alpha value is -0.770. The first-order valence-electron chi connectivity index (χ1n) is 7.10. The van der Waals surface area contributed by atoms with E-state index in [4.69, 9.17) is 10.9 Å². The first-order chi connectivity index (χ1) is 8.44. The molecule has 3 N–H and O–H groups in total. The fraction of sp³-hybridized carbons (Fsp3) is 0.929. The van der Waals surface area contributed by atoms with Gasteiger partial charge in [0, 0.05) is 5.41 Å². The molecular formula is C14H31N3O. The molecule has 18 heavy (non-hydrogen) atoms. The van der Waals surface area contributed by atoms with Crippen LogP contribution in [0.1, 0.15) is 59.3 Å². The summed E-state index contributed by atoms with van der Waals surface area (Å²) in [4.78, 5) is 2.39. The average Bonchev–Trinajstić information content (AvgIpc) is 2.34. The van der Waals surface area contributed by atoms with Crippen LogP contribution in [-0.4, -0.2) is 36.1 Å². The minimum atomic E-state index is -0.199. The van der Waals surface area contributed by atoms with Crippen molar-refractivity contribution in [1.82, 2.24) is 4.90 Å². The number of nitrogens with two attached hydrogens (primary N) is 1. The van der Waals surface area contributed by atoms with Crippen molar-refractivity contribution >= 4 is 5.84 Å². The number of hydrogen-bond acceptors (Lipinski definition) is 3. The van der Waals surface area contributed by atoms with Gasteiger partial charge in [0.25, 0.3) is 0 Å². The van der Waals surface area contributed by atoms with Crippen LogP contribution < -0.4 is 5.73 Å². The molecule has 0 aromatic carbocycles. The zero-order valence-electron chi connectivity index (χ0n) is 12.6. The highest BCUT2D eigenvalue weighted by Gasteiger charge is 2.22. The first kappa shape index (κ1) is 17.2. The van der Waals surface area contributed by atoms with E-state index < -0.39 is 0 Å². The van der Waals surface area contributed by atoms with Crippen LogP contribution in [-0.2, 0) is 0 Å². The van der Waals surface area contributed by atoms with Gasteiger partial charge in [-0.25, -0.2) is 0 Å². The molecule has 0 aromatic heterocycles. The molecule has 0 atom stereocenters. The lowest BCUT2D eigenvalue weighted by Gasteiger charge is -2.23. The summed E-state index contributed by atoms with van der Waals surface area (Å²) in [7, 11) is 2.18. The summed E-state index contributed by atoms with van der Waals surface area (Å²) >= 11 is 0. The van der Waals surface area contributed by atoms with Gasteiger partial charge >= 0.3 is 0 Å². The molecule has 0 saturated carbocycles. The van der Waals surface area contributed by atoms with E-state index in [0.717, 1.165) is 19.4 Å².